The van der Waals surface area contributed by atoms with Gasteiger partial charge in [-0.3, -0.25) is 0 Å². The summed E-state index contributed by atoms with van der Waals surface area (Å²) in [5.41, 5.74) is 0. The molecular formula is C11H20N4O. The van der Waals surface area contributed by atoms with Gasteiger partial charge in [0.05, 0.1) is 12.6 Å². The first kappa shape index (κ1) is 11.4. The van der Waals surface area contributed by atoms with E-state index in [4.69, 9.17) is 4.74 Å². The Morgan fingerprint density at radius 3 is 2.94 bits per heavy atom. The van der Waals surface area contributed by atoms with Gasteiger partial charge in [-0.25, -0.2) is 4.98 Å². The lowest BCUT2D eigenvalue weighted by Crippen LogP contribution is -2.44. The van der Waals surface area contributed by atoms with Crippen LogP contribution in [0.15, 0.2) is 12.4 Å². The SMILES string of the molecule is COCC(C)n1ccnc1N1CCNCC1. The Morgan fingerprint density at radius 2 is 2.25 bits per heavy atom. The molecule has 2 rings (SSSR count). The molecule has 1 fully saturated rings. The predicted molar refractivity (Wildman–Crippen MR) is 63.9 cm³/mol. The van der Waals surface area contributed by atoms with Gasteiger partial charge < -0.3 is 19.5 Å². The number of methoxy groups -OCH3 is 1. The van der Waals surface area contributed by atoms with E-state index in [1.807, 2.05) is 12.4 Å². The molecule has 90 valence electrons. The molecule has 1 saturated heterocycles. The van der Waals surface area contributed by atoms with Crippen molar-refractivity contribution in [1.29, 1.82) is 0 Å². The molecule has 1 N–H and O–H groups in total. The summed E-state index contributed by atoms with van der Waals surface area (Å²) in [6, 6.07) is 0.331. The first-order valence-electron chi connectivity index (χ1n) is 5.80. The fourth-order valence-electron chi connectivity index (χ4n) is 2.08. The van der Waals surface area contributed by atoms with Crippen molar-refractivity contribution in [3.63, 3.8) is 0 Å². The van der Waals surface area contributed by atoms with Crippen LogP contribution in [0, 0.1) is 0 Å². The molecule has 1 aromatic rings. The van der Waals surface area contributed by atoms with Crippen molar-refractivity contribution < 1.29 is 4.74 Å². The number of hydrogen-bond donors (Lipinski definition) is 1. The molecular weight excluding hydrogens is 204 g/mol. The van der Waals surface area contributed by atoms with Crippen LogP contribution in [-0.4, -0.2) is 49.4 Å². The van der Waals surface area contributed by atoms with Gasteiger partial charge in [-0.05, 0) is 6.92 Å². The monoisotopic (exact) mass is 224 g/mol. The van der Waals surface area contributed by atoms with Gasteiger partial charge in [0.1, 0.15) is 0 Å². The van der Waals surface area contributed by atoms with Crippen LogP contribution in [0.4, 0.5) is 5.95 Å². The molecule has 0 bridgehead atoms. The molecule has 0 radical (unpaired) electrons. The van der Waals surface area contributed by atoms with E-state index in [1.54, 1.807) is 7.11 Å². The van der Waals surface area contributed by atoms with Gasteiger partial charge in [0.2, 0.25) is 5.95 Å². The predicted octanol–water partition coefficient (Wildman–Crippen LogP) is 0.500. The summed E-state index contributed by atoms with van der Waals surface area (Å²) in [5, 5.41) is 3.35. The standard InChI is InChI=1S/C11H20N4O/c1-10(9-16-2)15-8-5-13-11(15)14-6-3-12-4-7-14/h5,8,10,12H,3-4,6-7,9H2,1-2H3. The fraction of sp³-hybridized carbons (Fsp3) is 0.727. The van der Waals surface area contributed by atoms with E-state index in [9.17, 15) is 0 Å². The second-order valence-electron chi connectivity index (χ2n) is 4.18. The number of imidazole rings is 1. The number of anilines is 1. The minimum Gasteiger partial charge on any atom is -0.383 e. The summed E-state index contributed by atoms with van der Waals surface area (Å²) in [6.07, 6.45) is 3.89. The summed E-state index contributed by atoms with van der Waals surface area (Å²) in [5.74, 6) is 1.06. The van der Waals surface area contributed by atoms with E-state index >= 15 is 0 Å². The topological polar surface area (TPSA) is 42.3 Å². The maximum Gasteiger partial charge on any atom is 0.205 e. The van der Waals surface area contributed by atoms with Crippen molar-refractivity contribution in [2.24, 2.45) is 0 Å². The van der Waals surface area contributed by atoms with E-state index in [1.165, 1.54) is 0 Å². The highest BCUT2D eigenvalue weighted by molar-refractivity contribution is 5.32. The molecule has 1 atom stereocenters. The van der Waals surface area contributed by atoms with E-state index in [2.05, 4.69) is 26.7 Å². The Bertz CT molecular complexity index is 320. The third-order valence-electron chi connectivity index (χ3n) is 2.93. The van der Waals surface area contributed by atoms with Crippen molar-refractivity contribution in [2.45, 2.75) is 13.0 Å². The maximum atomic E-state index is 5.19. The van der Waals surface area contributed by atoms with Crippen LogP contribution in [0.3, 0.4) is 0 Å². The van der Waals surface area contributed by atoms with Crippen molar-refractivity contribution in [2.75, 3.05) is 44.8 Å². The Kier molecular flexibility index (Phi) is 3.79. The maximum absolute atomic E-state index is 5.19. The van der Waals surface area contributed by atoms with E-state index in [-0.39, 0.29) is 0 Å². The minimum absolute atomic E-state index is 0.331. The lowest BCUT2D eigenvalue weighted by Gasteiger charge is -2.30. The summed E-state index contributed by atoms with van der Waals surface area (Å²) in [4.78, 5) is 6.77. The molecule has 1 aromatic heterocycles. The largest absolute Gasteiger partial charge is 0.383 e. The van der Waals surface area contributed by atoms with Gasteiger partial charge in [-0.1, -0.05) is 0 Å². The summed E-state index contributed by atoms with van der Waals surface area (Å²) >= 11 is 0. The van der Waals surface area contributed by atoms with Gasteiger partial charge in [0, 0.05) is 45.7 Å². The molecule has 1 aliphatic heterocycles. The lowest BCUT2D eigenvalue weighted by atomic mass is 10.3. The average molecular weight is 224 g/mol. The smallest absolute Gasteiger partial charge is 0.205 e. The summed E-state index contributed by atoms with van der Waals surface area (Å²) in [6.45, 7) is 6.98. The summed E-state index contributed by atoms with van der Waals surface area (Å²) in [7, 11) is 1.73. The summed E-state index contributed by atoms with van der Waals surface area (Å²) < 4.78 is 7.38. The number of piperazine rings is 1. The molecule has 0 aromatic carbocycles. The number of aromatic nitrogens is 2. The van der Waals surface area contributed by atoms with Crippen LogP contribution < -0.4 is 10.2 Å². The van der Waals surface area contributed by atoms with Crippen molar-refractivity contribution in [3.05, 3.63) is 12.4 Å². The van der Waals surface area contributed by atoms with Crippen LogP contribution in [0.25, 0.3) is 0 Å². The molecule has 0 spiro atoms. The molecule has 5 nitrogen and oxygen atoms in total. The number of ether oxygens (including phenoxy) is 1. The molecule has 1 unspecified atom stereocenters. The molecule has 0 amide bonds. The number of nitrogens with one attached hydrogen (secondary N) is 1. The third-order valence-corrected chi connectivity index (χ3v) is 2.93. The van der Waals surface area contributed by atoms with Gasteiger partial charge in [-0.15, -0.1) is 0 Å². The first-order valence-corrected chi connectivity index (χ1v) is 5.80. The molecule has 2 heterocycles. The Morgan fingerprint density at radius 1 is 1.50 bits per heavy atom. The Labute approximate surface area is 96.4 Å². The molecule has 5 heteroatoms. The van der Waals surface area contributed by atoms with E-state index in [0.29, 0.717) is 6.04 Å². The highest BCUT2D eigenvalue weighted by Gasteiger charge is 2.17. The first-order chi connectivity index (χ1) is 7.83. The fourth-order valence-corrected chi connectivity index (χ4v) is 2.08. The van der Waals surface area contributed by atoms with E-state index < -0.39 is 0 Å². The van der Waals surface area contributed by atoms with E-state index in [0.717, 1.165) is 38.7 Å². The Hall–Kier alpha value is -1.07. The van der Waals surface area contributed by atoms with Crippen molar-refractivity contribution in [1.82, 2.24) is 14.9 Å². The molecule has 0 aliphatic carbocycles. The third kappa shape index (κ3) is 2.36. The van der Waals surface area contributed by atoms with Crippen LogP contribution in [0.1, 0.15) is 13.0 Å². The minimum atomic E-state index is 0.331. The second kappa shape index (κ2) is 5.32. The van der Waals surface area contributed by atoms with Gasteiger partial charge in [-0.2, -0.15) is 0 Å². The highest BCUT2D eigenvalue weighted by Crippen LogP contribution is 2.18. The zero-order valence-corrected chi connectivity index (χ0v) is 10.0. The zero-order valence-electron chi connectivity index (χ0n) is 10.0. The zero-order chi connectivity index (χ0) is 11.4. The second-order valence-corrected chi connectivity index (χ2v) is 4.18. The van der Waals surface area contributed by atoms with Crippen LogP contribution in [0.5, 0.6) is 0 Å². The molecule has 16 heavy (non-hydrogen) atoms. The van der Waals surface area contributed by atoms with Crippen molar-refractivity contribution >= 4 is 5.95 Å². The van der Waals surface area contributed by atoms with Crippen LogP contribution in [-0.2, 0) is 4.74 Å². The van der Waals surface area contributed by atoms with Crippen molar-refractivity contribution in [3.8, 4) is 0 Å². The van der Waals surface area contributed by atoms with Gasteiger partial charge in [0.15, 0.2) is 0 Å². The average Bonchev–Trinajstić information content (AvgIpc) is 2.79. The van der Waals surface area contributed by atoms with Crippen LogP contribution >= 0.6 is 0 Å². The quantitative estimate of drug-likeness (QED) is 0.808. The molecule has 1 aliphatic rings. The molecule has 0 saturated carbocycles. The number of rotatable bonds is 4. The van der Waals surface area contributed by atoms with Crippen LogP contribution in [0.2, 0.25) is 0 Å². The van der Waals surface area contributed by atoms with Gasteiger partial charge in [0.25, 0.3) is 0 Å². The lowest BCUT2D eigenvalue weighted by molar-refractivity contribution is 0.162. The normalized spacial score (nSPS) is 18.8. The van der Waals surface area contributed by atoms with Gasteiger partial charge >= 0.3 is 0 Å². The Balaban J connectivity index is 2.11. The number of hydrogen-bond acceptors (Lipinski definition) is 4. The highest BCUT2D eigenvalue weighted by atomic mass is 16.5. The number of nitrogens with zero attached hydrogens (tertiary/aromatic N) is 3.